The molecule has 0 unspecified atom stereocenters. The summed E-state index contributed by atoms with van der Waals surface area (Å²) in [6, 6.07) is 13.5. The number of benzene rings is 2. The van der Waals surface area contributed by atoms with Crippen molar-refractivity contribution in [2.75, 3.05) is 46.3 Å². The molecule has 2 aromatic carbocycles. The van der Waals surface area contributed by atoms with Gasteiger partial charge in [0.1, 0.15) is 11.7 Å². The second-order valence-electron chi connectivity index (χ2n) is 29.1. The molecule has 8 saturated carbocycles. The van der Waals surface area contributed by atoms with Crippen molar-refractivity contribution in [1.29, 1.82) is 0 Å². The van der Waals surface area contributed by atoms with E-state index in [-0.39, 0.29) is 77.2 Å². The number of fused-ring (bicyclic) bond motifs is 13. The van der Waals surface area contributed by atoms with Gasteiger partial charge in [0, 0.05) is 74.8 Å². The number of hydrogen-bond acceptors (Lipinski definition) is 11. The number of anilines is 1. The number of hydrogen-bond donors (Lipinski definition) is 7. The van der Waals surface area contributed by atoms with E-state index >= 15 is 4.79 Å². The molecule has 4 bridgehead atoms. The molecule has 0 aromatic heterocycles. The summed E-state index contributed by atoms with van der Waals surface area (Å²) in [6.45, 7) is 3.20. The lowest BCUT2D eigenvalue weighted by atomic mass is 9.42. The van der Waals surface area contributed by atoms with E-state index in [1.807, 2.05) is 19.2 Å². The van der Waals surface area contributed by atoms with Gasteiger partial charge in [-0.2, -0.15) is 0 Å². The van der Waals surface area contributed by atoms with Crippen LogP contribution in [0, 0.1) is 105 Å². The van der Waals surface area contributed by atoms with Gasteiger partial charge in [-0.05, 0) is 228 Å². The molecule has 8 aliphatic carbocycles. The Kier molecular flexibility index (Phi) is 16.0. The number of nitrogens with zero attached hydrogens (tertiary/aromatic N) is 1. The maximum Gasteiger partial charge on any atom is 0.207 e. The summed E-state index contributed by atoms with van der Waals surface area (Å²) in [6.07, 6.45) is 31.8. The number of rotatable bonds is 10. The summed E-state index contributed by atoms with van der Waals surface area (Å²) >= 11 is 0. The molecule has 0 amide bonds. The van der Waals surface area contributed by atoms with E-state index in [9.17, 15) is 20.4 Å². The van der Waals surface area contributed by atoms with Gasteiger partial charge in [-0.25, -0.2) is 0 Å². The number of methoxy groups -OCH3 is 1. The predicted molar refractivity (Wildman–Crippen MR) is 325 cm³/mol. The molecule has 11 aliphatic rings. The zero-order valence-corrected chi connectivity index (χ0v) is 50.8. The molecule has 454 valence electrons. The van der Waals surface area contributed by atoms with Crippen LogP contribution in [0.3, 0.4) is 0 Å². The molecule has 17 atom stereocenters. The largest absolute Gasteiger partial charge is 0.504 e. The molecule has 3 aliphatic heterocycles. The highest BCUT2D eigenvalue weighted by Crippen LogP contribution is 2.74. The molecule has 0 radical (unpaired) electrons. The van der Waals surface area contributed by atoms with E-state index in [1.54, 1.807) is 20.2 Å². The predicted octanol–water partition coefficient (Wildman–Crippen LogP) is 11.3. The summed E-state index contributed by atoms with van der Waals surface area (Å²) in [4.78, 5) is 20.9. The Morgan fingerprint density at radius 1 is 0.893 bits per heavy atom. The van der Waals surface area contributed by atoms with E-state index < -0.39 is 22.2 Å². The molecule has 2 aromatic rings. The first kappa shape index (κ1) is 58.3. The van der Waals surface area contributed by atoms with Crippen LogP contribution in [-0.2, 0) is 21.4 Å². The van der Waals surface area contributed by atoms with E-state index in [0.717, 1.165) is 102 Å². The number of phenols is 1. The van der Waals surface area contributed by atoms with Crippen LogP contribution in [0.2, 0.25) is 0 Å². The Hall–Kier alpha value is -4.76. The number of likely N-dealkylation sites (N-methyl/N-ethyl adjacent to an activating group) is 1. The van der Waals surface area contributed by atoms with E-state index in [4.69, 9.17) is 23.9 Å². The van der Waals surface area contributed by atoms with Gasteiger partial charge >= 0.3 is 0 Å². The average Bonchev–Trinajstić information content (AvgIpc) is 1.46. The van der Waals surface area contributed by atoms with Gasteiger partial charge in [0.2, 0.25) is 11.7 Å². The summed E-state index contributed by atoms with van der Waals surface area (Å²) < 4.78 is 27.4. The molecule has 13 heteroatoms. The van der Waals surface area contributed by atoms with Gasteiger partial charge in [-0.1, -0.05) is 63.0 Å². The van der Waals surface area contributed by atoms with Gasteiger partial charge in [0.15, 0.2) is 28.8 Å². The van der Waals surface area contributed by atoms with Crippen molar-refractivity contribution in [3.63, 3.8) is 0 Å². The van der Waals surface area contributed by atoms with Crippen LogP contribution in [0.15, 0.2) is 47.5 Å². The fourth-order valence-electron chi connectivity index (χ4n) is 21.9. The number of aliphatic hydroxyl groups excluding tert-OH is 2. The molecule has 7 N–H and O–H groups in total. The van der Waals surface area contributed by atoms with Crippen molar-refractivity contribution in [1.82, 2.24) is 10.6 Å². The number of phenolic OH excluding ortho intramolecular Hbond substituents is 1. The second-order valence-corrected chi connectivity index (χ2v) is 29.1. The van der Waals surface area contributed by atoms with E-state index in [1.165, 1.54) is 44.1 Å². The van der Waals surface area contributed by atoms with Crippen LogP contribution in [0.1, 0.15) is 179 Å². The summed E-state index contributed by atoms with van der Waals surface area (Å²) in [5, 5.41) is 55.7. The minimum absolute atomic E-state index is 0.00191. The Balaban J connectivity index is 0.991. The first-order valence-corrected chi connectivity index (χ1v) is 33.2. The third kappa shape index (κ3) is 9.78. The summed E-state index contributed by atoms with van der Waals surface area (Å²) in [5.41, 5.74) is 0.830. The van der Waals surface area contributed by atoms with Gasteiger partial charge in [-0.15, -0.1) is 0 Å². The van der Waals surface area contributed by atoms with E-state index in [2.05, 4.69) is 71.2 Å². The monoisotopic (exact) mass is 1150 g/mol. The average molecular weight is 1150 g/mol. The third-order valence-corrected chi connectivity index (χ3v) is 25.4. The molecule has 9 fully saturated rings. The number of ketones is 1. The number of aromatic hydroxyl groups is 1. The topological polar surface area (TPSA) is 183 Å². The molecule has 84 heavy (non-hydrogen) atoms. The number of carbonyl (C=O) groups is 1. The minimum atomic E-state index is -1.29. The molecule has 13 nitrogen and oxygen atoms in total. The molecule has 13 rings (SSSR count). The fraction of sp³-hybridized carbons (Fsp3) is 0.718. The second kappa shape index (κ2) is 23.1. The highest BCUT2D eigenvalue weighted by Gasteiger charge is 2.69. The zero-order valence-electron chi connectivity index (χ0n) is 50.8. The molecule has 3 spiro atoms. The number of carbonyl (C=O) groups excluding carboxylic acids is 1. The van der Waals surface area contributed by atoms with Crippen LogP contribution >= 0.6 is 0 Å². The van der Waals surface area contributed by atoms with Crippen LogP contribution < -0.4 is 30.2 Å². The Morgan fingerprint density at radius 2 is 1.75 bits per heavy atom. The normalized spacial score (nSPS) is 41.5. The first-order valence-electron chi connectivity index (χ1n) is 33.2. The molecular formula is C71H96N4O9. The first-order chi connectivity index (χ1) is 40.8. The van der Waals surface area contributed by atoms with Crippen molar-refractivity contribution < 1.29 is 44.2 Å². The standard InChI is InChI=1S/C71H96N4O9/c1-5-45-16-20-53-54(15-10-32-76)64-66(25-6-7-26-66)29-30-70(64)52-37-57(75-65(73-3)74-31-9-13-49-12-8-27-69(49,61(79)23-21-56(70)55(53)34-45)39-46-17-22-58(78)59(35-46)81-4)63-60(38-52)83-68(44-72-2)40-51(14-11-33-82-63)67(42-68)28-24-50-36-47-18-19-48(41-77)62(47)84-71(50,80)43-67/h17,21-23,35,37-38,45,47-51,53-56,62,64,72,76-78,80H,5-8,10,12-16,18-20,24-30,32,34,36,39-44H2,1-4H3,(H2,73,74,75)/b23-21+/t45-,47-,48-,49-,50-,51+,53+,54-,55+,56-,62+,64-,67+,68-,69-,70+,71+/m1/s1. The van der Waals surface area contributed by atoms with Crippen molar-refractivity contribution in [2.45, 2.75) is 197 Å². The highest BCUT2D eigenvalue weighted by molar-refractivity contribution is 5.97. The van der Waals surface area contributed by atoms with Crippen molar-refractivity contribution in [2.24, 2.45) is 86.3 Å². The Bertz CT molecular complexity index is 2990. The lowest BCUT2D eigenvalue weighted by Crippen LogP contribution is -2.58. The highest BCUT2D eigenvalue weighted by atomic mass is 16.6. The molecule has 1 saturated heterocycles. The number of aliphatic hydroxyl groups is 3. The van der Waals surface area contributed by atoms with E-state index in [0.29, 0.717) is 97.1 Å². The van der Waals surface area contributed by atoms with Crippen LogP contribution in [0.5, 0.6) is 23.0 Å². The number of guanidine groups is 1. The van der Waals surface area contributed by atoms with Crippen LogP contribution in [0.25, 0.3) is 0 Å². The number of nitrogens with one attached hydrogen (secondary N) is 3. The zero-order chi connectivity index (χ0) is 58.1. The lowest BCUT2D eigenvalue weighted by Gasteiger charge is -2.62. The number of ether oxygens (including phenoxy) is 4. The van der Waals surface area contributed by atoms with Gasteiger partial charge < -0.3 is 50.0 Å². The lowest BCUT2D eigenvalue weighted by molar-refractivity contribution is -0.328. The third-order valence-electron chi connectivity index (χ3n) is 25.4. The quantitative estimate of drug-likeness (QED) is 0.112. The number of aliphatic imine (C=N–C) groups is 1. The van der Waals surface area contributed by atoms with Gasteiger partial charge in [0.05, 0.1) is 18.9 Å². The molecular weight excluding hydrogens is 1050 g/mol. The van der Waals surface area contributed by atoms with Crippen molar-refractivity contribution >= 4 is 17.4 Å². The van der Waals surface area contributed by atoms with Gasteiger partial charge in [0.25, 0.3) is 0 Å². The maximum absolute atomic E-state index is 16.1. The smallest absolute Gasteiger partial charge is 0.207 e. The fourth-order valence-corrected chi connectivity index (χ4v) is 21.9. The maximum atomic E-state index is 16.1. The van der Waals surface area contributed by atoms with Crippen LogP contribution in [-0.4, -0.2) is 90.6 Å². The number of allylic oxidation sites excluding steroid dienone is 2. The van der Waals surface area contributed by atoms with Crippen molar-refractivity contribution in [3.8, 4) is 47.0 Å². The molecule has 3 heterocycles. The van der Waals surface area contributed by atoms with Crippen molar-refractivity contribution in [3.05, 3.63) is 53.6 Å². The summed E-state index contributed by atoms with van der Waals surface area (Å²) in [7, 11) is 5.37. The Labute approximate surface area is 500 Å². The van der Waals surface area contributed by atoms with Crippen LogP contribution in [0.4, 0.5) is 5.69 Å². The Morgan fingerprint density at radius 3 is 2.55 bits per heavy atom. The summed E-state index contributed by atoms with van der Waals surface area (Å²) in [5.74, 6) is 10.7. The minimum Gasteiger partial charge on any atom is -0.504 e. The SMILES string of the molecule is CC[C@@H]1CC[C@H]2[C@@H](CCCO)[C@@H]3C4(CCCC4)CC[C@@]34c3cc(c5c(c3)O[C@]3(CNC)C[C@H](CC#CO5)[C@@]5(CC[C@@H]6C[C@H]7CC[C@H](CO)[C@H]7O[C@@]6(O)C5)C3)NC(=NC)NC#CC[C@H]3CCC[C@]3(Cc3ccc(O)c(OC)c3)C(=O)/C=C/[C@@H]4[C@H]2C1. The van der Waals surface area contributed by atoms with Gasteiger partial charge in [-0.3, -0.25) is 15.1 Å².